The van der Waals surface area contributed by atoms with E-state index in [2.05, 4.69) is 4.98 Å². The molecule has 1 aliphatic carbocycles. The molecule has 0 amide bonds. The lowest BCUT2D eigenvalue weighted by Crippen LogP contribution is -2.05. The van der Waals surface area contributed by atoms with Gasteiger partial charge < -0.3 is 4.98 Å². The van der Waals surface area contributed by atoms with Gasteiger partial charge in [0, 0.05) is 11.9 Å². The second-order valence-electron chi connectivity index (χ2n) is 3.55. The Kier molecular flexibility index (Phi) is 2.67. The Morgan fingerprint density at radius 2 is 1.75 bits per heavy atom. The summed E-state index contributed by atoms with van der Waals surface area (Å²) < 4.78 is 0. The summed E-state index contributed by atoms with van der Waals surface area (Å²) in [5.74, 6) is 0. The van der Waals surface area contributed by atoms with Gasteiger partial charge in [-0.05, 0) is 22.9 Å². The molecule has 0 saturated carbocycles. The molecule has 0 spiro atoms. The van der Waals surface area contributed by atoms with Crippen molar-refractivity contribution in [2.45, 2.75) is 0 Å². The van der Waals surface area contributed by atoms with E-state index in [-0.39, 0.29) is 17.8 Å². The fourth-order valence-electron chi connectivity index (χ4n) is 1.94. The second kappa shape index (κ2) is 3.99. The molecule has 80 valence electrons. The van der Waals surface area contributed by atoms with Gasteiger partial charge in [0.05, 0.1) is 5.56 Å². The van der Waals surface area contributed by atoms with Crippen molar-refractivity contribution in [3.63, 3.8) is 0 Å². The highest BCUT2D eigenvalue weighted by Crippen LogP contribution is 2.24. The highest BCUT2D eigenvalue weighted by atomic mass is 35.5. The van der Waals surface area contributed by atoms with Crippen molar-refractivity contribution in [1.29, 1.82) is 0 Å². The van der Waals surface area contributed by atoms with Crippen LogP contribution < -0.4 is 5.43 Å². The molecule has 0 radical (unpaired) electrons. The predicted molar refractivity (Wildman–Crippen MR) is 68.4 cm³/mol. The van der Waals surface area contributed by atoms with E-state index < -0.39 is 0 Å². The van der Waals surface area contributed by atoms with Crippen molar-refractivity contribution in [2.75, 3.05) is 0 Å². The number of hydrogen-bond acceptors (Lipinski definition) is 1. The molecule has 3 rings (SSSR count). The Bertz CT molecular complexity index is 659. The molecule has 16 heavy (non-hydrogen) atoms. The zero-order chi connectivity index (χ0) is 10.3. The third-order valence-corrected chi connectivity index (χ3v) is 2.64. The van der Waals surface area contributed by atoms with Crippen LogP contribution in [0.25, 0.3) is 22.0 Å². The van der Waals surface area contributed by atoms with E-state index >= 15 is 0 Å². The summed E-state index contributed by atoms with van der Waals surface area (Å²) in [5, 5.41) is 2.07. The van der Waals surface area contributed by atoms with E-state index in [0.29, 0.717) is 0 Å². The monoisotopic (exact) mass is 231 g/mol. The van der Waals surface area contributed by atoms with Crippen LogP contribution >= 0.6 is 12.4 Å². The molecule has 0 bridgehead atoms. The lowest BCUT2D eigenvalue weighted by Gasteiger charge is -2.07. The maximum absolute atomic E-state index is 11.8. The average Bonchev–Trinajstić information content (AvgIpc) is 2.29. The van der Waals surface area contributed by atoms with Crippen LogP contribution in [0.15, 0.2) is 53.5 Å². The van der Waals surface area contributed by atoms with Gasteiger partial charge in [0.15, 0.2) is 5.43 Å². The van der Waals surface area contributed by atoms with E-state index in [1.165, 1.54) is 0 Å². The second-order valence-corrected chi connectivity index (χ2v) is 3.55. The number of rotatable bonds is 0. The van der Waals surface area contributed by atoms with Gasteiger partial charge in [0.2, 0.25) is 0 Å². The van der Waals surface area contributed by atoms with Crippen molar-refractivity contribution in [2.24, 2.45) is 0 Å². The predicted octanol–water partition coefficient (Wildman–Crippen LogP) is 3.05. The Hall–Kier alpha value is -1.80. The molecule has 1 aliphatic heterocycles. The molecule has 1 aromatic rings. The molecule has 2 nitrogen and oxygen atoms in total. The van der Waals surface area contributed by atoms with E-state index in [4.69, 9.17) is 0 Å². The minimum Gasteiger partial charge on any atom is -0.360 e. The zero-order valence-electron chi connectivity index (χ0n) is 8.44. The third-order valence-electron chi connectivity index (χ3n) is 2.64. The van der Waals surface area contributed by atoms with Gasteiger partial charge >= 0.3 is 0 Å². The van der Waals surface area contributed by atoms with Crippen LogP contribution in [0, 0.1) is 0 Å². The fraction of sp³-hybridized carbons (Fsp3) is 0. The lowest BCUT2D eigenvalue weighted by molar-refractivity contribution is 1.33. The number of H-pyrrole nitrogens is 1. The van der Waals surface area contributed by atoms with Crippen LogP contribution in [-0.2, 0) is 0 Å². The largest absolute Gasteiger partial charge is 0.360 e. The van der Waals surface area contributed by atoms with E-state index in [1.54, 1.807) is 12.1 Å². The Labute approximate surface area is 98.7 Å². The third kappa shape index (κ3) is 1.48. The molecule has 0 unspecified atom stereocenters. The first-order valence-corrected chi connectivity index (χ1v) is 4.85. The molecule has 3 heteroatoms. The first kappa shape index (κ1) is 10.7. The number of aromatic amines is 1. The molecule has 1 heterocycles. The lowest BCUT2D eigenvalue weighted by atomic mass is 10.0. The molecule has 0 saturated heterocycles. The number of pyridine rings is 1. The number of halogens is 1. The summed E-state index contributed by atoms with van der Waals surface area (Å²) in [5.41, 5.74) is 1.73. The van der Waals surface area contributed by atoms with Gasteiger partial charge in [0.1, 0.15) is 0 Å². The highest BCUT2D eigenvalue weighted by Gasteiger charge is 2.08. The normalized spacial score (nSPS) is 10.2. The van der Waals surface area contributed by atoms with Gasteiger partial charge in [-0.2, -0.15) is 0 Å². The molecule has 2 aliphatic rings. The smallest absolute Gasteiger partial charge is 0.188 e. The van der Waals surface area contributed by atoms with Crippen molar-refractivity contribution in [3.8, 4) is 11.3 Å². The number of benzene rings is 2. The maximum atomic E-state index is 11.8. The molecule has 1 N–H and O–H groups in total. The Morgan fingerprint density at radius 1 is 0.938 bits per heavy atom. The fourth-order valence-corrected chi connectivity index (χ4v) is 1.94. The minimum absolute atomic E-state index is 0. The first-order valence-electron chi connectivity index (χ1n) is 4.85. The van der Waals surface area contributed by atoms with Gasteiger partial charge in [-0.3, -0.25) is 4.79 Å². The van der Waals surface area contributed by atoms with Gasteiger partial charge in [0.25, 0.3) is 0 Å². The molecule has 0 fully saturated rings. The quantitative estimate of drug-likeness (QED) is 0.593. The van der Waals surface area contributed by atoms with E-state index in [1.807, 2.05) is 36.5 Å². The molecule has 1 aromatic carbocycles. The van der Waals surface area contributed by atoms with Crippen LogP contribution in [-0.4, -0.2) is 4.98 Å². The summed E-state index contributed by atoms with van der Waals surface area (Å²) in [6.07, 6.45) is 1.93. The molecule has 0 atom stereocenters. The first-order chi connectivity index (χ1) is 7.36. The van der Waals surface area contributed by atoms with Crippen LogP contribution in [0.1, 0.15) is 0 Å². The van der Waals surface area contributed by atoms with Crippen molar-refractivity contribution in [3.05, 3.63) is 58.9 Å². The zero-order valence-corrected chi connectivity index (χ0v) is 9.25. The molecule has 0 aromatic heterocycles. The number of hydrogen-bond donors (Lipinski definition) is 1. The summed E-state index contributed by atoms with van der Waals surface area (Å²) in [6.45, 7) is 0. The standard InChI is InChI=1S/C13H9NO.ClH/c15-12-7-3-6-11-13(12)10-5-2-1-4-9(10)8-14-11;/h1-8,14H;1H. The van der Waals surface area contributed by atoms with Crippen LogP contribution in [0.2, 0.25) is 0 Å². The summed E-state index contributed by atoms with van der Waals surface area (Å²) >= 11 is 0. The van der Waals surface area contributed by atoms with Crippen molar-refractivity contribution in [1.82, 2.24) is 4.98 Å². The summed E-state index contributed by atoms with van der Waals surface area (Å²) in [4.78, 5) is 14.9. The number of fused-ring (bicyclic) bond motifs is 3. The topological polar surface area (TPSA) is 32.9 Å². The molecular formula is C13H10ClNO. The van der Waals surface area contributed by atoms with Gasteiger partial charge in [-0.15, -0.1) is 12.4 Å². The summed E-state index contributed by atoms with van der Waals surface area (Å²) in [7, 11) is 0. The molecular weight excluding hydrogens is 222 g/mol. The summed E-state index contributed by atoms with van der Waals surface area (Å²) in [6, 6.07) is 13.2. The highest BCUT2D eigenvalue weighted by molar-refractivity contribution is 5.95. The Balaban J connectivity index is 0.000000963. The SMILES string of the molecule is Cl.O=c1cccc2[nH]cc3ccccc3c1-2. The van der Waals surface area contributed by atoms with Gasteiger partial charge in [-0.25, -0.2) is 0 Å². The van der Waals surface area contributed by atoms with Crippen LogP contribution in [0.4, 0.5) is 0 Å². The number of aromatic nitrogens is 1. The van der Waals surface area contributed by atoms with Crippen LogP contribution in [0.3, 0.4) is 0 Å². The Morgan fingerprint density at radius 3 is 2.62 bits per heavy atom. The van der Waals surface area contributed by atoms with Gasteiger partial charge in [-0.1, -0.05) is 30.3 Å². The average molecular weight is 232 g/mol. The van der Waals surface area contributed by atoms with E-state index in [0.717, 1.165) is 22.0 Å². The number of nitrogens with one attached hydrogen (secondary N) is 1. The minimum atomic E-state index is 0. The maximum Gasteiger partial charge on any atom is 0.188 e. The van der Waals surface area contributed by atoms with Crippen molar-refractivity contribution < 1.29 is 0 Å². The van der Waals surface area contributed by atoms with Crippen molar-refractivity contribution >= 4 is 23.2 Å². The van der Waals surface area contributed by atoms with E-state index in [9.17, 15) is 4.79 Å². The van der Waals surface area contributed by atoms with Crippen LogP contribution in [0.5, 0.6) is 0 Å².